The minimum absolute atomic E-state index is 0.434. The fraction of sp³-hybridized carbons (Fsp3) is 0.579. The van der Waals surface area contributed by atoms with Gasteiger partial charge in [-0.05, 0) is 36.0 Å². The summed E-state index contributed by atoms with van der Waals surface area (Å²) in [5, 5.41) is 21.0. The highest BCUT2D eigenvalue weighted by molar-refractivity contribution is 5.66. The van der Waals surface area contributed by atoms with Gasteiger partial charge in [-0.15, -0.1) is 0 Å². The average Bonchev–Trinajstić information content (AvgIpc) is 2.44. The first-order chi connectivity index (χ1) is 9.62. The zero-order valence-corrected chi connectivity index (χ0v) is 14.3. The number of aliphatic hydroxyl groups excluding tert-OH is 2. The molecule has 0 unspecified atom stereocenters. The van der Waals surface area contributed by atoms with Crippen molar-refractivity contribution >= 4 is 5.57 Å². The van der Waals surface area contributed by atoms with Crippen LogP contribution in [-0.4, -0.2) is 16.3 Å². The molecule has 0 saturated heterocycles. The molecule has 0 radical (unpaired) electrons. The van der Waals surface area contributed by atoms with Crippen molar-refractivity contribution in [3.63, 3.8) is 0 Å². The van der Waals surface area contributed by atoms with Crippen molar-refractivity contribution < 1.29 is 10.2 Å². The molecule has 0 aromatic heterocycles. The molecule has 0 aliphatic carbocycles. The first-order valence-corrected chi connectivity index (χ1v) is 7.78. The van der Waals surface area contributed by atoms with E-state index in [0.717, 1.165) is 16.7 Å². The normalized spacial score (nSPS) is 15.1. The summed E-state index contributed by atoms with van der Waals surface area (Å²) in [4.78, 5) is 0. The lowest BCUT2D eigenvalue weighted by molar-refractivity contribution is -0.0506. The van der Waals surface area contributed by atoms with Gasteiger partial charge < -0.3 is 10.2 Å². The Morgan fingerprint density at radius 1 is 1.24 bits per heavy atom. The van der Waals surface area contributed by atoms with E-state index in [0.29, 0.717) is 12.3 Å². The van der Waals surface area contributed by atoms with Gasteiger partial charge in [-0.1, -0.05) is 65.0 Å². The largest absolute Gasteiger partial charge is 0.392 e. The van der Waals surface area contributed by atoms with Gasteiger partial charge in [0.2, 0.25) is 0 Å². The van der Waals surface area contributed by atoms with Crippen molar-refractivity contribution in [2.24, 2.45) is 5.41 Å². The molecule has 0 bridgehead atoms. The van der Waals surface area contributed by atoms with Crippen molar-refractivity contribution in [3.05, 3.63) is 41.5 Å². The molecular formula is C19H30O2. The number of rotatable bonds is 6. The molecule has 1 aromatic rings. The van der Waals surface area contributed by atoms with Crippen LogP contribution in [0.1, 0.15) is 76.7 Å². The minimum Gasteiger partial charge on any atom is -0.392 e. The molecule has 0 amide bonds. The lowest BCUT2D eigenvalue weighted by atomic mass is 9.75. The number of allylic oxidation sites excluding steroid dienone is 1. The van der Waals surface area contributed by atoms with Crippen LogP contribution in [0.4, 0.5) is 0 Å². The molecule has 1 aromatic carbocycles. The van der Waals surface area contributed by atoms with Crippen LogP contribution in [0.15, 0.2) is 24.8 Å². The Morgan fingerprint density at radius 2 is 1.81 bits per heavy atom. The highest BCUT2D eigenvalue weighted by Gasteiger charge is 2.36. The van der Waals surface area contributed by atoms with Crippen LogP contribution in [0.25, 0.3) is 5.57 Å². The van der Waals surface area contributed by atoms with Crippen molar-refractivity contribution in [1.82, 2.24) is 0 Å². The topological polar surface area (TPSA) is 40.5 Å². The zero-order valence-electron chi connectivity index (χ0n) is 14.3. The van der Waals surface area contributed by atoms with Gasteiger partial charge in [0.25, 0.3) is 0 Å². The van der Waals surface area contributed by atoms with Gasteiger partial charge in [0.05, 0.1) is 12.2 Å². The average molecular weight is 290 g/mol. The molecule has 1 rings (SSSR count). The van der Waals surface area contributed by atoms with E-state index in [2.05, 4.69) is 32.6 Å². The summed E-state index contributed by atoms with van der Waals surface area (Å²) in [6.07, 6.45) is -0.646. The van der Waals surface area contributed by atoms with Gasteiger partial charge in [0.15, 0.2) is 0 Å². The fourth-order valence-corrected chi connectivity index (χ4v) is 2.65. The van der Waals surface area contributed by atoms with Crippen molar-refractivity contribution in [2.45, 2.75) is 66.1 Å². The second-order valence-electron chi connectivity index (χ2n) is 6.93. The number of benzene rings is 1. The molecule has 2 atom stereocenters. The molecule has 2 nitrogen and oxygen atoms in total. The Labute approximate surface area is 129 Å². The maximum absolute atomic E-state index is 10.8. The van der Waals surface area contributed by atoms with Crippen LogP contribution in [0.5, 0.6) is 0 Å². The van der Waals surface area contributed by atoms with E-state index in [4.69, 9.17) is 0 Å². The third-order valence-electron chi connectivity index (χ3n) is 4.45. The maximum Gasteiger partial charge on any atom is 0.0871 e. The SMILES string of the molecule is C=C(C)c1cc(C(C)C)ccc1[C@H](O)C(C)(C)[C@H](O)CC. The predicted molar refractivity (Wildman–Crippen MR) is 90.3 cm³/mol. The smallest absolute Gasteiger partial charge is 0.0871 e. The minimum atomic E-state index is -0.722. The van der Waals surface area contributed by atoms with Crippen LogP contribution >= 0.6 is 0 Å². The highest BCUT2D eigenvalue weighted by atomic mass is 16.3. The van der Waals surface area contributed by atoms with E-state index < -0.39 is 17.6 Å². The second-order valence-corrected chi connectivity index (χ2v) is 6.93. The Hall–Kier alpha value is -1.12. The van der Waals surface area contributed by atoms with Crippen molar-refractivity contribution in [1.29, 1.82) is 0 Å². The van der Waals surface area contributed by atoms with Gasteiger partial charge in [-0.25, -0.2) is 0 Å². The van der Waals surface area contributed by atoms with Gasteiger partial charge in [0, 0.05) is 5.41 Å². The van der Waals surface area contributed by atoms with Gasteiger partial charge in [0.1, 0.15) is 0 Å². The van der Waals surface area contributed by atoms with Crippen LogP contribution in [0.2, 0.25) is 0 Å². The first-order valence-electron chi connectivity index (χ1n) is 7.78. The molecule has 0 aliphatic rings. The van der Waals surface area contributed by atoms with Gasteiger partial charge >= 0.3 is 0 Å². The Kier molecular flexibility index (Phi) is 5.77. The second kappa shape index (κ2) is 6.76. The Balaban J connectivity index is 3.32. The van der Waals surface area contributed by atoms with E-state index in [-0.39, 0.29) is 0 Å². The zero-order chi connectivity index (χ0) is 16.4. The molecule has 118 valence electrons. The van der Waals surface area contributed by atoms with Crippen LogP contribution < -0.4 is 0 Å². The van der Waals surface area contributed by atoms with E-state index in [1.807, 2.05) is 33.8 Å². The lowest BCUT2D eigenvalue weighted by Crippen LogP contribution is -2.35. The summed E-state index contributed by atoms with van der Waals surface area (Å²) < 4.78 is 0. The maximum atomic E-state index is 10.8. The molecule has 0 heterocycles. The van der Waals surface area contributed by atoms with Crippen molar-refractivity contribution in [2.75, 3.05) is 0 Å². The lowest BCUT2D eigenvalue weighted by Gasteiger charge is -2.36. The van der Waals surface area contributed by atoms with E-state index >= 15 is 0 Å². The molecule has 0 fully saturated rings. The summed E-state index contributed by atoms with van der Waals surface area (Å²) in [7, 11) is 0. The molecule has 2 heteroatoms. The standard InChI is InChI=1S/C19H30O2/c1-8-17(20)19(6,7)18(21)15-10-9-14(12(2)3)11-16(15)13(4)5/h9-12,17-18,20-21H,4,8H2,1-3,5-7H3/t17-,18+/m1/s1. The monoisotopic (exact) mass is 290 g/mol. The quantitative estimate of drug-likeness (QED) is 0.799. The third-order valence-corrected chi connectivity index (χ3v) is 4.45. The summed E-state index contributed by atoms with van der Waals surface area (Å²) in [6.45, 7) is 16.0. The fourth-order valence-electron chi connectivity index (χ4n) is 2.65. The molecule has 0 spiro atoms. The number of hydrogen-bond acceptors (Lipinski definition) is 2. The summed E-state index contributed by atoms with van der Waals surface area (Å²) >= 11 is 0. The highest BCUT2D eigenvalue weighted by Crippen LogP contribution is 2.40. The Bertz CT molecular complexity index is 500. The first kappa shape index (κ1) is 17.9. The van der Waals surface area contributed by atoms with Gasteiger partial charge in [-0.2, -0.15) is 0 Å². The molecule has 0 saturated carbocycles. The Morgan fingerprint density at radius 3 is 2.24 bits per heavy atom. The van der Waals surface area contributed by atoms with Crippen molar-refractivity contribution in [3.8, 4) is 0 Å². The van der Waals surface area contributed by atoms with Gasteiger partial charge in [-0.3, -0.25) is 0 Å². The molecular weight excluding hydrogens is 260 g/mol. The third kappa shape index (κ3) is 3.75. The summed E-state index contributed by atoms with van der Waals surface area (Å²) in [6, 6.07) is 6.15. The van der Waals surface area contributed by atoms with Crippen LogP contribution in [0.3, 0.4) is 0 Å². The van der Waals surface area contributed by atoms with E-state index in [1.165, 1.54) is 5.56 Å². The van der Waals surface area contributed by atoms with Crippen LogP contribution in [0, 0.1) is 5.41 Å². The summed E-state index contributed by atoms with van der Waals surface area (Å²) in [5.41, 5.74) is 3.42. The van der Waals surface area contributed by atoms with E-state index in [9.17, 15) is 10.2 Å². The molecule has 2 N–H and O–H groups in total. The molecule has 21 heavy (non-hydrogen) atoms. The predicted octanol–water partition coefficient (Wildman–Crippen LogP) is 4.67. The van der Waals surface area contributed by atoms with E-state index in [1.54, 1.807) is 0 Å². The van der Waals surface area contributed by atoms with Crippen LogP contribution in [-0.2, 0) is 0 Å². The molecule has 0 aliphatic heterocycles. The summed E-state index contributed by atoms with van der Waals surface area (Å²) in [5.74, 6) is 0.434. The number of hydrogen-bond donors (Lipinski definition) is 2. The number of aliphatic hydroxyl groups is 2.